The highest BCUT2D eigenvalue weighted by atomic mass is 35.5. The van der Waals surface area contributed by atoms with Gasteiger partial charge in [0, 0.05) is 24.5 Å². The van der Waals surface area contributed by atoms with Crippen molar-refractivity contribution >= 4 is 17.5 Å². The van der Waals surface area contributed by atoms with Gasteiger partial charge in [-0.1, -0.05) is 47.1 Å². The molecular formula is C22H15ClF3N5O. The number of nitrogens with one attached hydrogen (secondary N) is 1. The first-order chi connectivity index (χ1) is 15.4. The van der Waals surface area contributed by atoms with Crippen molar-refractivity contribution < 1.29 is 18.0 Å². The Morgan fingerprint density at radius 2 is 1.78 bits per heavy atom. The highest BCUT2D eigenvalue weighted by molar-refractivity contribution is 6.32. The summed E-state index contributed by atoms with van der Waals surface area (Å²) in [6.07, 6.45) is -1.43. The Labute approximate surface area is 185 Å². The second-order valence-corrected chi connectivity index (χ2v) is 7.14. The van der Waals surface area contributed by atoms with Gasteiger partial charge in [0.1, 0.15) is 5.69 Å². The van der Waals surface area contributed by atoms with Gasteiger partial charge in [0.05, 0.1) is 16.3 Å². The molecule has 32 heavy (non-hydrogen) atoms. The van der Waals surface area contributed by atoms with E-state index in [0.717, 1.165) is 6.07 Å². The molecule has 1 amide bonds. The summed E-state index contributed by atoms with van der Waals surface area (Å²) in [7, 11) is 0. The highest BCUT2D eigenvalue weighted by Crippen LogP contribution is 2.32. The fraction of sp³-hybridized carbons (Fsp3) is 0.0909. The molecule has 6 nitrogen and oxygen atoms in total. The van der Waals surface area contributed by atoms with Crippen molar-refractivity contribution in [3.05, 3.63) is 94.9 Å². The monoisotopic (exact) mass is 457 g/mol. The Kier molecular flexibility index (Phi) is 5.91. The molecular weight excluding hydrogens is 443 g/mol. The first kappa shape index (κ1) is 21.5. The summed E-state index contributed by atoms with van der Waals surface area (Å²) < 4.78 is 41.2. The van der Waals surface area contributed by atoms with Gasteiger partial charge < -0.3 is 5.32 Å². The van der Waals surface area contributed by atoms with Crippen molar-refractivity contribution in [2.45, 2.75) is 12.7 Å². The molecule has 2 heterocycles. The van der Waals surface area contributed by atoms with Gasteiger partial charge in [-0.15, -0.1) is 5.10 Å². The Bertz CT molecular complexity index is 1260. The van der Waals surface area contributed by atoms with E-state index in [1.54, 1.807) is 42.6 Å². The van der Waals surface area contributed by atoms with E-state index >= 15 is 0 Å². The van der Waals surface area contributed by atoms with Crippen LogP contribution < -0.4 is 5.32 Å². The zero-order valence-corrected chi connectivity index (χ0v) is 17.1. The third-order valence-electron chi connectivity index (χ3n) is 4.66. The van der Waals surface area contributed by atoms with Gasteiger partial charge in [0.25, 0.3) is 5.91 Å². The van der Waals surface area contributed by atoms with Crippen LogP contribution in [0.3, 0.4) is 0 Å². The molecule has 0 saturated heterocycles. The molecule has 0 unspecified atom stereocenters. The number of benzene rings is 2. The molecule has 0 aliphatic heterocycles. The normalized spacial score (nSPS) is 11.4. The lowest BCUT2D eigenvalue weighted by Crippen LogP contribution is -2.25. The van der Waals surface area contributed by atoms with Gasteiger partial charge in [0.2, 0.25) is 0 Å². The summed E-state index contributed by atoms with van der Waals surface area (Å²) in [6, 6.07) is 15.3. The van der Waals surface area contributed by atoms with Crippen molar-refractivity contribution in [1.29, 1.82) is 0 Å². The number of amides is 1. The van der Waals surface area contributed by atoms with E-state index in [9.17, 15) is 18.0 Å². The van der Waals surface area contributed by atoms with E-state index in [-0.39, 0.29) is 17.8 Å². The number of halogens is 4. The number of rotatable bonds is 5. The second-order valence-electron chi connectivity index (χ2n) is 6.73. The standard InChI is InChI=1S/C22H15ClF3N5O/c23-17-9-3-4-10-18(17)31-20(15-7-5-11-27-12-15)19(29-30-31)21(32)28-13-14-6-1-2-8-16(14)22(24,25)26/h1-12H,13H2,(H,28,32). The molecule has 0 radical (unpaired) electrons. The molecule has 162 valence electrons. The van der Waals surface area contributed by atoms with E-state index in [1.807, 2.05) is 0 Å². The molecule has 2 aromatic heterocycles. The number of nitrogens with zero attached hydrogens (tertiary/aromatic N) is 4. The molecule has 0 spiro atoms. The Balaban J connectivity index is 1.70. The third-order valence-corrected chi connectivity index (χ3v) is 4.98. The lowest BCUT2D eigenvalue weighted by Gasteiger charge is -2.13. The number of carbonyl (C=O) groups excluding carboxylic acids is 1. The first-order valence-electron chi connectivity index (χ1n) is 9.40. The Hall–Kier alpha value is -3.72. The van der Waals surface area contributed by atoms with E-state index in [2.05, 4.69) is 20.6 Å². The van der Waals surface area contributed by atoms with E-state index in [4.69, 9.17) is 11.6 Å². The van der Waals surface area contributed by atoms with Crippen LogP contribution in [0.15, 0.2) is 73.1 Å². The van der Waals surface area contributed by atoms with Crippen molar-refractivity contribution in [2.24, 2.45) is 0 Å². The van der Waals surface area contributed by atoms with E-state index < -0.39 is 17.6 Å². The van der Waals surface area contributed by atoms with Gasteiger partial charge in [-0.3, -0.25) is 9.78 Å². The van der Waals surface area contributed by atoms with Gasteiger partial charge >= 0.3 is 6.18 Å². The van der Waals surface area contributed by atoms with Crippen LogP contribution in [0.5, 0.6) is 0 Å². The summed E-state index contributed by atoms with van der Waals surface area (Å²) in [5.41, 5.74) is 0.401. The average Bonchev–Trinajstić information content (AvgIpc) is 3.23. The number of pyridine rings is 1. The second kappa shape index (κ2) is 8.80. The lowest BCUT2D eigenvalue weighted by atomic mass is 10.1. The lowest BCUT2D eigenvalue weighted by molar-refractivity contribution is -0.138. The maximum Gasteiger partial charge on any atom is 0.416 e. The summed E-state index contributed by atoms with van der Waals surface area (Å²) >= 11 is 6.30. The summed E-state index contributed by atoms with van der Waals surface area (Å²) in [6.45, 7) is -0.333. The topological polar surface area (TPSA) is 72.7 Å². The van der Waals surface area contributed by atoms with Crippen LogP contribution in [0.25, 0.3) is 16.9 Å². The molecule has 0 saturated carbocycles. The van der Waals surface area contributed by atoms with Crippen molar-refractivity contribution in [3.63, 3.8) is 0 Å². The minimum absolute atomic E-state index is 0.0604. The largest absolute Gasteiger partial charge is 0.416 e. The summed E-state index contributed by atoms with van der Waals surface area (Å²) in [5.74, 6) is -0.681. The Morgan fingerprint density at radius 3 is 2.50 bits per heavy atom. The van der Waals surface area contributed by atoms with Crippen LogP contribution in [-0.2, 0) is 12.7 Å². The molecule has 0 aliphatic carbocycles. The van der Waals surface area contributed by atoms with Gasteiger partial charge in [0.15, 0.2) is 5.69 Å². The maximum atomic E-state index is 13.3. The molecule has 1 N–H and O–H groups in total. The number of para-hydroxylation sites is 1. The molecule has 0 fully saturated rings. The molecule has 0 aliphatic rings. The van der Waals surface area contributed by atoms with Crippen LogP contribution in [0.2, 0.25) is 5.02 Å². The zero-order valence-electron chi connectivity index (χ0n) is 16.3. The van der Waals surface area contributed by atoms with Crippen molar-refractivity contribution in [2.75, 3.05) is 0 Å². The smallest absolute Gasteiger partial charge is 0.346 e. The van der Waals surface area contributed by atoms with Crippen molar-refractivity contribution in [3.8, 4) is 16.9 Å². The van der Waals surface area contributed by atoms with Crippen LogP contribution in [0.4, 0.5) is 13.2 Å². The number of carbonyl (C=O) groups is 1. The number of hydrogen-bond donors (Lipinski definition) is 1. The zero-order chi connectivity index (χ0) is 22.7. The molecule has 4 aromatic rings. The van der Waals surface area contributed by atoms with Crippen LogP contribution in [0, 0.1) is 0 Å². The summed E-state index contributed by atoms with van der Waals surface area (Å²) in [4.78, 5) is 17.0. The fourth-order valence-electron chi connectivity index (χ4n) is 3.20. The fourth-order valence-corrected chi connectivity index (χ4v) is 3.41. The van der Waals surface area contributed by atoms with Crippen LogP contribution in [0.1, 0.15) is 21.6 Å². The highest BCUT2D eigenvalue weighted by Gasteiger charge is 2.33. The number of hydrogen-bond acceptors (Lipinski definition) is 4. The minimum Gasteiger partial charge on any atom is -0.346 e. The molecule has 4 rings (SSSR count). The molecule has 2 aromatic carbocycles. The molecule has 10 heteroatoms. The SMILES string of the molecule is O=C(NCc1ccccc1C(F)(F)F)c1nnn(-c2ccccc2Cl)c1-c1cccnc1. The number of alkyl halides is 3. The van der Waals surface area contributed by atoms with E-state index in [1.165, 1.54) is 29.1 Å². The third kappa shape index (κ3) is 4.33. The van der Waals surface area contributed by atoms with Crippen LogP contribution >= 0.6 is 11.6 Å². The predicted molar refractivity (Wildman–Crippen MR) is 112 cm³/mol. The summed E-state index contributed by atoms with van der Waals surface area (Å²) in [5, 5.41) is 10.9. The molecule has 0 bridgehead atoms. The van der Waals surface area contributed by atoms with Crippen LogP contribution in [-0.4, -0.2) is 25.9 Å². The quantitative estimate of drug-likeness (QED) is 0.461. The molecule has 0 atom stereocenters. The van der Waals surface area contributed by atoms with E-state index in [0.29, 0.717) is 22.0 Å². The number of aromatic nitrogens is 4. The minimum atomic E-state index is -4.53. The van der Waals surface area contributed by atoms with Gasteiger partial charge in [-0.05, 0) is 35.9 Å². The van der Waals surface area contributed by atoms with Gasteiger partial charge in [-0.25, -0.2) is 4.68 Å². The maximum absolute atomic E-state index is 13.3. The Morgan fingerprint density at radius 1 is 1.03 bits per heavy atom. The van der Waals surface area contributed by atoms with Gasteiger partial charge in [-0.2, -0.15) is 13.2 Å². The van der Waals surface area contributed by atoms with Crippen molar-refractivity contribution in [1.82, 2.24) is 25.3 Å². The predicted octanol–water partition coefficient (Wildman–Crippen LogP) is 4.93. The first-order valence-corrected chi connectivity index (χ1v) is 9.78. The average molecular weight is 458 g/mol.